The number of rotatable bonds is 4. The van der Waals surface area contributed by atoms with E-state index in [9.17, 15) is 4.79 Å². The highest BCUT2D eigenvalue weighted by Gasteiger charge is 2.30. The van der Waals surface area contributed by atoms with E-state index in [0.717, 1.165) is 50.6 Å². The summed E-state index contributed by atoms with van der Waals surface area (Å²) in [6.07, 6.45) is 2.16. The summed E-state index contributed by atoms with van der Waals surface area (Å²) in [4.78, 5) is 16.3. The van der Waals surface area contributed by atoms with Crippen molar-refractivity contribution < 1.29 is 4.79 Å². The number of amides is 2. The lowest BCUT2D eigenvalue weighted by atomic mass is 9.98. The van der Waals surface area contributed by atoms with Gasteiger partial charge in [0.15, 0.2) is 0 Å². The molecule has 0 radical (unpaired) electrons. The number of hydrogen-bond donors (Lipinski definition) is 1. The molecule has 0 aromatic heterocycles. The Morgan fingerprint density at radius 2 is 2.09 bits per heavy atom. The predicted octanol–water partition coefficient (Wildman–Crippen LogP) is 2.93. The van der Waals surface area contributed by atoms with Crippen molar-refractivity contribution in [3.8, 4) is 0 Å². The zero-order valence-electron chi connectivity index (χ0n) is 13.1. The van der Waals surface area contributed by atoms with Crippen molar-refractivity contribution in [2.45, 2.75) is 31.7 Å². The van der Waals surface area contributed by atoms with E-state index in [1.807, 2.05) is 17.0 Å². The molecule has 1 atom stereocenters. The van der Waals surface area contributed by atoms with Crippen LogP contribution in [0.1, 0.15) is 31.2 Å². The largest absolute Gasteiger partial charge is 0.336 e. The first-order valence-corrected chi connectivity index (χ1v) is 8.53. The number of carbonyl (C=O) groups excluding carboxylic acids is 1. The normalized spacial score (nSPS) is 21.9. The fourth-order valence-corrected chi connectivity index (χ4v) is 3.75. The smallest absolute Gasteiger partial charge is 0.317 e. The lowest BCUT2D eigenvalue weighted by molar-refractivity contribution is 0.133. The molecule has 2 fully saturated rings. The molecule has 0 bridgehead atoms. The van der Waals surface area contributed by atoms with Gasteiger partial charge in [-0.15, -0.1) is 0 Å². The summed E-state index contributed by atoms with van der Waals surface area (Å²) in [5.41, 5.74) is 1.30. The SMILES string of the molecule is C[C@H](CN1CCC(N2CCNC2=O)CC1)c1cccc(Cl)c1. The molecule has 3 rings (SSSR count). The van der Waals surface area contributed by atoms with Crippen LogP contribution in [0.3, 0.4) is 0 Å². The molecule has 0 aliphatic carbocycles. The van der Waals surface area contributed by atoms with Gasteiger partial charge in [0.1, 0.15) is 0 Å². The number of benzene rings is 1. The van der Waals surface area contributed by atoms with E-state index in [4.69, 9.17) is 11.6 Å². The number of nitrogens with zero attached hydrogens (tertiary/aromatic N) is 2. The first-order valence-electron chi connectivity index (χ1n) is 8.16. The number of carbonyl (C=O) groups is 1. The van der Waals surface area contributed by atoms with Crippen molar-refractivity contribution in [2.24, 2.45) is 0 Å². The van der Waals surface area contributed by atoms with Crippen LogP contribution in [0, 0.1) is 0 Å². The zero-order valence-corrected chi connectivity index (χ0v) is 13.9. The van der Waals surface area contributed by atoms with Crippen LogP contribution < -0.4 is 5.32 Å². The van der Waals surface area contributed by atoms with E-state index >= 15 is 0 Å². The monoisotopic (exact) mass is 321 g/mol. The van der Waals surface area contributed by atoms with Gasteiger partial charge in [0.05, 0.1) is 0 Å². The van der Waals surface area contributed by atoms with Crippen LogP contribution in [0.2, 0.25) is 5.02 Å². The van der Waals surface area contributed by atoms with Gasteiger partial charge in [-0.2, -0.15) is 0 Å². The van der Waals surface area contributed by atoms with Crippen LogP contribution in [-0.2, 0) is 0 Å². The maximum Gasteiger partial charge on any atom is 0.317 e. The second-order valence-electron chi connectivity index (χ2n) is 6.41. The van der Waals surface area contributed by atoms with Crippen molar-refractivity contribution >= 4 is 17.6 Å². The second-order valence-corrected chi connectivity index (χ2v) is 6.85. The average Bonchev–Trinajstić information content (AvgIpc) is 2.94. The molecule has 2 amide bonds. The lowest BCUT2D eigenvalue weighted by Gasteiger charge is -2.37. The van der Waals surface area contributed by atoms with E-state index in [2.05, 4.69) is 29.3 Å². The van der Waals surface area contributed by atoms with E-state index in [0.29, 0.717) is 12.0 Å². The molecule has 2 aliphatic rings. The molecule has 1 aromatic rings. The first-order chi connectivity index (χ1) is 10.6. The van der Waals surface area contributed by atoms with Crippen LogP contribution in [0.4, 0.5) is 4.79 Å². The number of piperidine rings is 1. The maximum atomic E-state index is 11.7. The number of likely N-dealkylation sites (tertiary alicyclic amines) is 1. The van der Waals surface area contributed by atoms with Gasteiger partial charge in [-0.3, -0.25) is 0 Å². The molecule has 0 saturated carbocycles. The third-order valence-corrected chi connectivity index (χ3v) is 5.07. The molecule has 0 spiro atoms. The highest BCUT2D eigenvalue weighted by molar-refractivity contribution is 6.30. The van der Waals surface area contributed by atoms with Crippen LogP contribution >= 0.6 is 11.6 Å². The molecule has 2 aliphatic heterocycles. The van der Waals surface area contributed by atoms with Crippen molar-refractivity contribution in [1.29, 1.82) is 0 Å². The van der Waals surface area contributed by atoms with Gasteiger partial charge in [0.25, 0.3) is 0 Å². The number of nitrogens with one attached hydrogen (secondary N) is 1. The summed E-state index contributed by atoms with van der Waals surface area (Å²) in [5, 5.41) is 3.71. The fraction of sp³-hybridized carbons (Fsp3) is 0.588. The Hall–Kier alpha value is -1.26. The highest BCUT2D eigenvalue weighted by atomic mass is 35.5. The number of hydrogen-bond acceptors (Lipinski definition) is 2. The summed E-state index contributed by atoms with van der Waals surface area (Å²) in [7, 11) is 0. The van der Waals surface area contributed by atoms with E-state index in [1.165, 1.54) is 5.56 Å². The molecule has 2 saturated heterocycles. The Bertz CT molecular complexity index is 528. The van der Waals surface area contributed by atoms with Gasteiger partial charge in [0.2, 0.25) is 0 Å². The van der Waals surface area contributed by atoms with Crippen LogP contribution in [0.5, 0.6) is 0 Å². The summed E-state index contributed by atoms with van der Waals surface area (Å²) in [6.45, 7) is 7.11. The second kappa shape index (κ2) is 6.88. The fourth-order valence-electron chi connectivity index (χ4n) is 3.55. The molecule has 5 heteroatoms. The minimum atomic E-state index is 0.116. The minimum Gasteiger partial charge on any atom is -0.336 e. The van der Waals surface area contributed by atoms with Gasteiger partial charge in [-0.25, -0.2) is 4.79 Å². The minimum absolute atomic E-state index is 0.116. The quantitative estimate of drug-likeness (QED) is 0.925. The Morgan fingerprint density at radius 3 is 2.73 bits per heavy atom. The topological polar surface area (TPSA) is 35.6 Å². The van der Waals surface area contributed by atoms with E-state index in [-0.39, 0.29) is 6.03 Å². The van der Waals surface area contributed by atoms with Gasteiger partial charge >= 0.3 is 6.03 Å². The standard InChI is InChI=1S/C17H24ClN3O/c1-13(14-3-2-4-15(18)11-14)12-20-8-5-16(6-9-20)21-10-7-19-17(21)22/h2-4,11,13,16H,5-10,12H2,1H3,(H,19,22)/t13-/m1/s1. The summed E-state index contributed by atoms with van der Waals surface area (Å²) in [6, 6.07) is 8.69. The van der Waals surface area contributed by atoms with Crippen molar-refractivity contribution in [3.05, 3.63) is 34.9 Å². The average molecular weight is 322 g/mol. The molecule has 0 unspecified atom stereocenters. The molecular formula is C17H24ClN3O. The van der Waals surface area contributed by atoms with Crippen molar-refractivity contribution in [3.63, 3.8) is 0 Å². The lowest BCUT2D eigenvalue weighted by Crippen LogP contribution is -2.46. The van der Waals surface area contributed by atoms with Gasteiger partial charge in [-0.1, -0.05) is 30.7 Å². The zero-order chi connectivity index (χ0) is 15.5. The third-order valence-electron chi connectivity index (χ3n) is 4.84. The molecule has 1 N–H and O–H groups in total. The first kappa shape index (κ1) is 15.6. The molecule has 22 heavy (non-hydrogen) atoms. The summed E-state index contributed by atoms with van der Waals surface area (Å²) < 4.78 is 0. The molecular weight excluding hydrogens is 298 g/mol. The third kappa shape index (κ3) is 3.55. The Morgan fingerprint density at radius 1 is 1.32 bits per heavy atom. The Labute approximate surface area is 137 Å². The molecule has 1 aromatic carbocycles. The van der Waals surface area contributed by atoms with Crippen molar-refractivity contribution in [1.82, 2.24) is 15.1 Å². The Balaban J connectivity index is 1.50. The van der Waals surface area contributed by atoms with Crippen LogP contribution in [0.25, 0.3) is 0 Å². The number of urea groups is 1. The van der Waals surface area contributed by atoms with Crippen LogP contribution in [0.15, 0.2) is 24.3 Å². The highest BCUT2D eigenvalue weighted by Crippen LogP contribution is 2.23. The Kier molecular flexibility index (Phi) is 4.89. The predicted molar refractivity (Wildman–Crippen MR) is 89.4 cm³/mol. The van der Waals surface area contributed by atoms with Crippen molar-refractivity contribution in [2.75, 3.05) is 32.7 Å². The molecule has 4 nitrogen and oxygen atoms in total. The van der Waals surface area contributed by atoms with Gasteiger partial charge < -0.3 is 15.1 Å². The molecule has 120 valence electrons. The van der Waals surface area contributed by atoms with E-state index in [1.54, 1.807) is 0 Å². The van der Waals surface area contributed by atoms with Crippen LogP contribution in [-0.4, -0.2) is 54.6 Å². The number of halogens is 1. The molecule has 2 heterocycles. The van der Waals surface area contributed by atoms with Gasteiger partial charge in [0, 0.05) is 43.8 Å². The maximum absolute atomic E-state index is 11.7. The summed E-state index contributed by atoms with van der Waals surface area (Å²) in [5.74, 6) is 0.477. The van der Waals surface area contributed by atoms with Gasteiger partial charge in [-0.05, 0) is 36.5 Å². The summed E-state index contributed by atoms with van der Waals surface area (Å²) >= 11 is 6.08. The van der Waals surface area contributed by atoms with E-state index < -0.39 is 0 Å².